The van der Waals surface area contributed by atoms with Crippen molar-refractivity contribution in [2.75, 3.05) is 26.7 Å². The Morgan fingerprint density at radius 1 is 1.37 bits per heavy atom. The number of ketones is 1. The first kappa shape index (κ1) is 14.1. The Kier molecular flexibility index (Phi) is 4.59. The number of carbonyl (C=O) groups excluding carboxylic acids is 1. The van der Waals surface area contributed by atoms with Crippen LogP contribution < -0.4 is 4.74 Å². The molecule has 19 heavy (non-hydrogen) atoms. The molecule has 0 amide bonds. The molecule has 1 aromatic rings. The second-order valence-electron chi connectivity index (χ2n) is 5.63. The maximum atomic E-state index is 12.3. The maximum Gasteiger partial charge on any atom is 0.176 e. The van der Waals surface area contributed by atoms with Crippen LogP contribution in [0, 0.1) is 11.8 Å². The molecule has 1 saturated heterocycles. The fraction of sp³-hybridized carbons (Fsp3) is 0.562. The maximum absolute atomic E-state index is 12.3. The number of ether oxygens (including phenoxy) is 1. The summed E-state index contributed by atoms with van der Waals surface area (Å²) in [5.41, 5.74) is 0.741. The zero-order valence-corrected chi connectivity index (χ0v) is 12.1. The lowest BCUT2D eigenvalue weighted by molar-refractivity contribution is 0.0849. The van der Waals surface area contributed by atoms with Crippen molar-refractivity contribution in [2.45, 2.75) is 20.3 Å². The van der Waals surface area contributed by atoms with E-state index in [9.17, 15) is 4.79 Å². The van der Waals surface area contributed by atoms with Crippen LogP contribution in [0.25, 0.3) is 0 Å². The molecule has 2 unspecified atom stereocenters. The van der Waals surface area contributed by atoms with Crippen molar-refractivity contribution < 1.29 is 9.53 Å². The quantitative estimate of drug-likeness (QED) is 0.781. The number of benzene rings is 1. The third-order valence-corrected chi connectivity index (χ3v) is 4.18. The average Bonchev–Trinajstić information content (AvgIpc) is 2.43. The molecule has 0 spiro atoms. The van der Waals surface area contributed by atoms with Crippen LogP contribution in [0.5, 0.6) is 5.75 Å². The molecule has 1 fully saturated rings. The molecule has 104 valence electrons. The summed E-state index contributed by atoms with van der Waals surface area (Å²) in [5.74, 6) is 2.36. The van der Waals surface area contributed by atoms with Crippen LogP contribution in [0.1, 0.15) is 30.6 Å². The lowest BCUT2D eigenvalue weighted by Crippen LogP contribution is -2.41. The smallest absolute Gasteiger partial charge is 0.176 e. The SMILES string of the molecule is COc1cccc(C(=O)CN2CCC(C)C(C)C2)c1. The summed E-state index contributed by atoms with van der Waals surface area (Å²) in [7, 11) is 1.62. The molecule has 3 nitrogen and oxygen atoms in total. The monoisotopic (exact) mass is 261 g/mol. The number of nitrogens with zero attached hydrogens (tertiary/aromatic N) is 1. The molecule has 2 atom stereocenters. The van der Waals surface area contributed by atoms with E-state index in [0.717, 1.165) is 30.3 Å². The Hall–Kier alpha value is -1.35. The van der Waals surface area contributed by atoms with Gasteiger partial charge >= 0.3 is 0 Å². The number of carbonyl (C=O) groups is 1. The van der Waals surface area contributed by atoms with Gasteiger partial charge in [0.1, 0.15) is 5.75 Å². The lowest BCUT2D eigenvalue weighted by Gasteiger charge is -2.34. The molecule has 0 aliphatic carbocycles. The van der Waals surface area contributed by atoms with Crippen molar-refractivity contribution in [3.8, 4) is 5.75 Å². The van der Waals surface area contributed by atoms with Gasteiger partial charge in [0, 0.05) is 12.1 Å². The first-order valence-electron chi connectivity index (χ1n) is 6.99. The first-order chi connectivity index (χ1) is 9.10. The Morgan fingerprint density at radius 3 is 2.84 bits per heavy atom. The predicted octanol–water partition coefficient (Wildman–Crippen LogP) is 2.86. The number of methoxy groups -OCH3 is 1. The number of hydrogen-bond donors (Lipinski definition) is 0. The molecule has 0 N–H and O–H groups in total. The highest BCUT2D eigenvalue weighted by Gasteiger charge is 2.24. The molecule has 1 aliphatic rings. The van der Waals surface area contributed by atoms with E-state index in [2.05, 4.69) is 18.7 Å². The molecule has 1 heterocycles. The summed E-state index contributed by atoms with van der Waals surface area (Å²) in [6.45, 7) is 7.14. The van der Waals surface area contributed by atoms with Gasteiger partial charge in [0.2, 0.25) is 0 Å². The number of rotatable bonds is 4. The van der Waals surface area contributed by atoms with E-state index in [0.29, 0.717) is 12.5 Å². The molecule has 3 heteroatoms. The highest BCUT2D eigenvalue weighted by atomic mass is 16.5. The van der Waals surface area contributed by atoms with Crippen molar-refractivity contribution in [3.05, 3.63) is 29.8 Å². The van der Waals surface area contributed by atoms with Gasteiger partial charge in [-0.15, -0.1) is 0 Å². The number of hydrogen-bond acceptors (Lipinski definition) is 3. The Bertz CT molecular complexity index is 444. The number of piperidine rings is 1. The van der Waals surface area contributed by atoms with Crippen LogP contribution in [-0.2, 0) is 0 Å². The highest BCUT2D eigenvalue weighted by molar-refractivity contribution is 5.97. The van der Waals surface area contributed by atoms with E-state index in [-0.39, 0.29) is 5.78 Å². The van der Waals surface area contributed by atoms with Crippen LogP contribution in [0.2, 0.25) is 0 Å². The van der Waals surface area contributed by atoms with Crippen LogP contribution in [0.15, 0.2) is 24.3 Å². The average molecular weight is 261 g/mol. The molecule has 2 rings (SSSR count). The van der Waals surface area contributed by atoms with E-state index < -0.39 is 0 Å². The molecule has 0 saturated carbocycles. The van der Waals surface area contributed by atoms with Gasteiger partial charge < -0.3 is 4.74 Å². The van der Waals surface area contributed by atoms with Crippen molar-refractivity contribution in [1.82, 2.24) is 4.90 Å². The van der Waals surface area contributed by atoms with Crippen molar-refractivity contribution in [2.24, 2.45) is 11.8 Å². The topological polar surface area (TPSA) is 29.5 Å². The largest absolute Gasteiger partial charge is 0.497 e. The first-order valence-corrected chi connectivity index (χ1v) is 6.99. The Balaban J connectivity index is 1.97. The minimum absolute atomic E-state index is 0.181. The van der Waals surface area contributed by atoms with Gasteiger partial charge in [0.25, 0.3) is 0 Å². The minimum Gasteiger partial charge on any atom is -0.497 e. The molecule has 1 aromatic carbocycles. The van der Waals surface area contributed by atoms with Gasteiger partial charge in [-0.05, 0) is 36.9 Å². The summed E-state index contributed by atoms with van der Waals surface area (Å²) >= 11 is 0. The summed E-state index contributed by atoms with van der Waals surface area (Å²) in [5, 5.41) is 0. The molecule has 0 aromatic heterocycles. The lowest BCUT2D eigenvalue weighted by atomic mass is 9.88. The van der Waals surface area contributed by atoms with Gasteiger partial charge in [-0.3, -0.25) is 9.69 Å². The van der Waals surface area contributed by atoms with Gasteiger partial charge in [-0.2, -0.15) is 0 Å². The van der Waals surface area contributed by atoms with Crippen molar-refractivity contribution >= 4 is 5.78 Å². The van der Waals surface area contributed by atoms with Gasteiger partial charge in [0.05, 0.1) is 13.7 Å². The Morgan fingerprint density at radius 2 is 2.16 bits per heavy atom. The summed E-state index contributed by atoms with van der Waals surface area (Å²) in [6.07, 6.45) is 1.19. The van der Waals surface area contributed by atoms with Crippen molar-refractivity contribution in [3.63, 3.8) is 0 Å². The molecule has 0 bridgehead atoms. The van der Waals surface area contributed by atoms with E-state index in [1.54, 1.807) is 7.11 Å². The van der Waals surface area contributed by atoms with Crippen LogP contribution in [0.3, 0.4) is 0 Å². The number of likely N-dealkylation sites (tertiary alicyclic amines) is 1. The van der Waals surface area contributed by atoms with Gasteiger partial charge in [-0.25, -0.2) is 0 Å². The van der Waals surface area contributed by atoms with E-state index in [1.807, 2.05) is 24.3 Å². The van der Waals surface area contributed by atoms with Gasteiger partial charge in [-0.1, -0.05) is 26.0 Å². The third-order valence-electron chi connectivity index (χ3n) is 4.18. The summed E-state index contributed by atoms with van der Waals surface area (Å²) in [4.78, 5) is 14.5. The Labute approximate surface area is 115 Å². The van der Waals surface area contributed by atoms with Crippen LogP contribution in [-0.4, -0.2) is 37.4 Å². The van der Waals surface area contributed by atoms with Gasteiger partial charge in [0.15, 0.2) is 5.78 Å². The minimum atomic E-state index is 0.181. The third kappa shape index (κ3) is 3.57. The van der Waals surface area contributed by atoms with E-state index in [1.165, 1.54) is 6.42 Å². The second-order valence-corrected chi connectivity index (χ2v) is 5.63. The zero-order valence-electron chi connectivity index (χ0n) is 12.1. The highest BCUT2D eigenvalue weighted by Crippen LogP contribution is 2.22. The van der Waals surface area contributed by atoms with Crippen molar-refractivity contribution in [1.29, 1.82) is 0 Å². The fourth-order valence-corrected chi connectivity index (χ4v) is 2.58. The van der Waals surface area contributed by atoms with Crippen LogP contribution >= 0.6 is 0 Å². The molecular formula is C16H23NO2. The summed E-state index contributed by atoms with van der Waals surface area (Å²) < 4.78 is 5.16. The molecule has 0 radical (unpaired) electrons. The standard InChI is InChI=1S/C16H23NO2/c1-12-7-8-17(10-13(12)2)11-16(18)14-5-4-6-15(9-14)19-3/h4-6,9,12-13H,7-8,10-11H2,1-3H3. The van der Waals surface area contributed by atoms with E-state index >= 15 is 0 Å². The normalized spacial score (nSPS) is 24.2. The number of Topliss-reactive ketones (excluding diaryl/α,β-unsaturated/α-hetero) is 1. The summed E-state index contributed by atoms with van der Waals surface area (Å²) in [6, 6.07) is 7.41. The second kappa shape index (κ2) is 6.20. The van der Waals surface area contributed by atoms with E-state index in [4.69, 9.17) is 4.74 Å². The molecular weight excluding hydrogens is 238 g/mol. The predicted molar refractivity (Wildman–Crippen MR) is 76.7 cm³/mol. The zero-order chi connectivity index (χ0) is 13.8. The fourth-order valence-electron chi connectivity index (χ4n) is 2.58. The molecule has 1 aliphatic heterocycles. The van der Waals surface area contributed by atoms with Crippen LogP contribution in [0.4, 0.5) is 0 Å².